The number of hydrogen-bond donors (Lipinski definition) is 2. The highest BCUT2D eigenvalue weighted by molar-refractivity contribution is 14.0. The van der Waals surface area contributed by atoms with E-state index < -0.39 is 0 Å². The molecule has 0 unspecified atom stereocenters. The van der Waals surface area contributed by atoms with Gasteiger partial charge in [0.05, 0.1) is 18.8 Å². The second-order valence-electron chi connectivity index (χ2n) is 6.30. The van der Waals surface area contributed by atoms with Gasteiger partial charge in [-0.05, 0) is 24.3 Å². The predicted octanol–water partition coefficient (Wildman–Crippen LogP) is 1.71. The number of carbonyl (C=O) groups is 1. The normalized spacial score (nSPS) is 14.2. The molecule has 0 aliphatic carbocycles. The summed E-state index contributed by atoms with van der Waals surface area (Å²) in [5.74, 6) is 0.681. The van der Waals surface area contributed by atoms with Gasteiger partial charge in [-0.25, -0.2) is 0 Å². The van der Waals surface area contributed by atoms with Crippen molar-refractivity contribution in [2.24, 2.45) is 4.99 Å². The SMILES string of the molecule is CN=C(NCC(=O)N1CCN(c2ccccc2)CC1)NCc1ccccn1.I. The third-order valence-corrected chi connectivity index (χ3v) is 4.55. The first-order chi connectivity index (χ1) is 13.3. The monoisotopic (exact) mass is 494 g/mol. The van der Waals surface area contributed by atoms with Crippen molar-refractivity contribution in [2.75, 3.05) is 44.7 Å². The molecule has 1 aromatic heterocycles. The third-order valence-electron chi connectivity index (χ3n) is 4.55. The Labute approximate surface area is 183 Å². The number of amides is 1. The summed E-state index contributed by atoms with van der Waals surface area (Å²) in [6.45, 7) is 3.95. The highest BCUT2D eigenvalue weighted by Crippen LogP contribution is 2.15. The Bertz CT molecular complexity index is 748. The van der Waals surface area contributed by atoms with Gasteiger partial charge in [0.25, 0.3) is 0 Å². The largest absolute Gasteiger partial charge is 0.368 e. The number of guanidine groups is 1. The van der Waals surface area contributed by atoms with Crippen molar-refractivity contribution in [1.29, 1.82) is 0 Å². The van der Waals surface area contributed by atoms with Gasteiger partial charge in [0.15, 0.2) is 5.96 Å². The van der Waals surface area contributed by atoms with Crippen LogP contribution in [0.4, 0.5) is 5.69 Å². The van der Waals surface area contributed by atoms with Crippen LogP contribution in [0.2, 0.25) is 0 Å². The van der Waals surface area contributed by atoms with E-state index in [-0.39, 0.29) is 36.4 Å². The average molecular weight is 494 g/mol. The summed E-state index contributed by atoms with van der Waals surface area (Å²) in [6.07, 6.45) is 1.76. The number of nitrogens with one attached hydrogen (secondary N) is 2. The van der Waals surface area contributed by atoms with Gasteiger partial charge in [-0.3, -0.25) is 14.8 Å². The second-order valence-corrected chi connectivity index (χ2v) is 6.30. The number of aromatic nitrogens is 1. The zero-order chi connectivity index (χ0) is 18.9. The van der Waals surface area contributed by atoms with Crippen LogP contribution in [0.1, 0.15) is 5.69 Å². The summed E-state index contributed by atoms with van der Waals surface area (Å²) in [7, 11) is 1.69. The fourth-order valence-electron chi connectivity index (χ4n) is 3.02. The number of halogens is 1. The summed E-state index contributed by atoms with van der Waals surface area (Å²) in [5, 5.41) is 6.26. The third kappa shape index (κ3) is 6.36. The fraction of sp³-hybridized carbons (Fsp3) is 0.350. The van der Waals surface area contributed by atoms with E-state index in [9.17, 15) is 4.79 Å². The number of carbonyl (C=O) groups excluding carboxylic acids is 1. The van der Waals surface area contributed by atoms with Crippen LogP contribution in [0.15, 0.2) is 59.7 Å². The molecule has 0 saturated carbocycles. The van der Waals surface area contributed by atoms with Crippen LogP contribution >= 0.6 is 24.0 Å². The maximum absolute atomic E-state index is 12.5. The molecular formula is C20H27IN6O. The van der Waals surface area contributed by atoms with E-state index in [1.54, 1.807) is 13.2 Å². The van der Waals surface area contributed by atoms with E-state index in [2.05, 4.69) is 37.6 Å². The van der Waals surface area contributed by atoms with E-state index >= 15 is 0 Å². The van der Waals surface area contributed by atoms with Crippen molar-refractivity contribution >= 4 is 41.5 Å². The standard InChI is InChI=1S/C20H26N6O.HI/c1-21-20(23-15-17-7-5-6-10-22-17)24-16-19(27)26-13-11-25(12-14-26)18-8-3-2-4-9-18;/h2-10H,11-16H2,1H3,(H2,21,23,24);1H. The molecule has 28 heavy (non-hydrogen) atoms. The van der Waals surface area contributed by atoms with Crippen molar-refractivity contribution in [3.63, 3.8) is 0 Å². The van der Waals surface area contributed by atoms with Crippen LogP contribution in [0, 0.1) is 0 Å². The molecule has 0 atom stereocenters. The van der Waals surface area contributed by atoms with Crippen LogP contribution in [-0.4, -0.2) is 61.5 Å². The van der Waals surface area contributed by atoms with E-state index in [1.165, 1.54) is 5.69 Å². The Balaban J connectivity index is 0.00000280. The van der Waals surface area contributed by atoms with Gasteiger partial charge in [0.2, 0.25) is 5.91 Å². The molecule has 1 fully saturated rings. The summed E-state index contributed by atoms with van der Waals surface area (Å²) < 4.78 is 0. The maximum Gasteiger partial charge on any atom is 0.242 e. The van der Waals surface area contributed by atoms with Crippen LogP contribution in [-0.2, 0) is 11.3 Å². The van der Waals surface area contributed by atoms with Gasteiger partial charge in [-0.2, -0.15) is 0 Å². The van der Waals surface area contributed by atoms with Crippen LogP contribution in [0.5, 0.6) is 0 Å². The average Bonchev–Trinajstić information content (AvgIpc) is 2.75. The first-order valence-electron chi connectivity index (χ1n) is 9.18. The van der Waals surface area contributed by atoms with Gasteiger partial charge in [-0.15, -0.1) is 24.0 Å². The van der Waals surface area contributed by atoms with Gasteiger partial charge < -0.3 is 20.4 Å². The highest BCUT2D eigenvalue weighted by atomic mass is 127. The van der Waals surface area contributed by atoms with Crippen LogP contribution in [0.3, 0.4) is 0 Å². The lowest BCUT2D eigenvalue weighted by atomic mass is 10.2. The van der Waals surface area contributed by atoms with E-state index in [0.29, 0.717) is 12.5 Å². The molecule has 2 N–H and O–H groups in total. The Morgan fingerprint density at radius 2 is 1.75 bits per heavy atom. The summed E-state index contributed by atoms with van der Waals surface area (Å²) >= 11 is 0. The molecule has 8 heteroatoms. The number of piperazine rings is 1. The Hall–Kier alpha value is -2.36. The molecule has 1 amide bonds. The van der Waals surface area contributed by atoms with Crippen molar-refractivity contribution in [2.45, 2.75) is 6.54 Å². The Morgan fingerprint density at radius 3 is 2.39 bits per heavy atom. The number of nitrogens with zero attached hydrogens (tertiary/aromatic N) is 4. The number of hydrogen-bond acceptors (Lipinski definition) is 4. The highest BCUT2D eigenvalue weighted by Gasteiger charge is 2.21. The molecule has 1 saturated heterocycles. The lowest BCUT2D eigenvalue weighted by Crippen LogP contribution is -2.52. The number of anilines is 1. The van der Waals surface area contributed by atoms with Crippen LogP contribution in [0.25, 0.3) is 0 Å². The van der Waals surface area contributed by atoms with Gasteiger partial charge in [0, 0.05) is 45.1 Å². The van der Waals surface area contributed by atoms with Crippen molar-refractivity contribution in [3.8, 4) is 0 Å². The minimum absolute atomic E-state index is 0. The van der Waals surface area contributed by atoms with E-state index in [4.69, 9.17) is 0 Å². The molecule has 1 aliphatic heterocycles. The molecule has 2 heterocycles. The molecule has 150 valence electrons. The molecule has 1 aliphatic rings. The minimum Gasteiger partial charge on any atom is -0.368 e. The molecular weight excluding hydrogens is 467 g/mol. The summed E-state index contributed by atoms with van der Waals surface area (Å²) in [5.41, 5.74) is 2.13. The van der Waals surface area contributed by atoms with Crippen molar-refractivity contribution in [3.05, 3.63) is 60.4 Å². The summed E-state index contributed by atoms with van der Waals surface area (Å²) in [6, 6.07) is 16.1. The van der Waals surface area contributed by atoms with Gasteiger partial charge in [0.1, 0.15) is 0 Å². The zero-order valence-electron chi connectivity index (χ0n) is 16.0. The van der Waals surface area contributed by atoms with E-state index in [1.807, 2.05) is 41.3 Å². The lowest BCUT2D eigenvalue weighted by Gasteiger charge is -2.36. The maximum atomic E-state index is 12.5. The number of para-hydroxylation sites is 1. The molecule has 1 aromatic carbocycles. The molecule has 0 bridgehead atoms. The number of pyridine rings is 1. The predicted molar refractivity (Wildman–Crippen MR) is 123 cm³/mol. The van der Waals surface area contributed by atoms with Crippen molar-refractivity contribution < 1.29 is 4.79 Å². The lowest BCUT2D eigenvalue weighted by molar-refractivity contribution is -0.130. The first-order valence-corrected chi connectivity index (χ1v) is 9.18. The van der Waals surface area contributed by atoms with Gasteiger partial charge in [-0.1, -0.05) is 24.3 Å². The number of rotatable bonds is 5. The molecule has 3 rings (SSSR count). The van der Waals surface area contributed by atoms with Crippen molar-refractivity contribution in [1.82, 2.24) is 20.5 Å². The Kier molecular flexibility index (Phi) is 8.99. The fourth-order valence-corrected chi connectivity index (χ4v) is 3.02. The van der Waals surface area contributed by atoms with E-state index in [0.717, 1.165) is 31.9 Å². The number of aliphatic imine (C=N–C) groups is 1. The molecule has 2 aromatic rings. The zero-order valence-corrected chi connectivity index (χ0v) is 18.4. The topological polar surface area (TPSA) is 72.9 Å². The molecule has 0 spiro atoms. The second kappa shape index (κ2) is 11.5. The number of benzene rings is 1. The van der Waals surface area contributed by atoms with Crippen LogP contribution < -0.4 is 15.5 Å². The smallest absolute Gasteiger partial charge is 0.242 e. The van der Waals surface area contributed by atoms with Gasteiger partial charge >= 0.3 is 0 Å². The minimum atomic E-state index is 0. The molecule has 0 radical (unpaired) electrons. The summed E-state index contributed by atoms with van der Waals surface area (Å²) in [4.78, 5) is 25.1. The molecule has 7 nitrogen and oxygen atoms in total. The Morgan fingerprint density at radius 1 is 1.04 bits per heavy atom. The quantitative estimate of drug-likeness (QED) is 0.377. The first kappa shape index (κ1) is 21.9.